The van der Waals surface area contributed by atoms with Gasteiger partial charge in [-0.05, 0) is 65.8 Å². The molecule has 0 spiro atoms. The maximum Gasteiger partial charge on any atom is 0.235 e. The van der Waals surface area contributed by atoms with Crippen LogP contribution >= 0.6 is 0 Å². The van der Waals surface area contributed by atoms with Gasteiger partial charge in [0, 0.05) is 17.9 Å². The van der Waals surface area contributed by atoms with E-state index < -0.39 is 58.3 Å². The lowest BCUT2D eigenvalue weighted by Gasteiger charge is -2.48. The number of carbonyl (C=O) groups is 5. The minimum atomic E-state index is -2.65. The van der Waals surface area contributed by atoms with Gasteiger partial charge in [0.15, 0.2) is 34.7 Å². The minimum absolute atomic E-state index is 0.00617. The van der Waals surface area contributed by atoms with Crippen LogP contribution in [0.15, 0.2) is 30.3 Å². The van der Waals surface area contributed by atoms with E-state index in [1.807, 2.05) is 44.2 Å². The lowest BCUT2D eigenvalue weighted by atomic mass is 9.53. The summed E-state index contributed by atoms with van der Waals surface area (Å²) < 4.78 is 0. The van der Waals surface area contributed by atoms with E-state index in [0.717, 1.165) is 30.4 Å². The molecule has 40 heavy (non-hydrogen) atoms. The van der Waals surface area contributed by atoms with Crippen molar-refractivity contribution in [2.75, 3.05) is 0 Å². The lowest BCUT2D eigenvalue weighted by Crippen LogP contribution is -2.68. The average molecular weight is 546 g/mol. The van der Waals surface area contributed by atoms with Crippen molar-refractivity contribution >= 4 is 29.0 Å². The second kappa shape index (κ2) is 10.1. The van der Waals surface area contributed by atoms with E-state index in [1.54, 1.807) is 0 Å². The van der Waals surface area contributed by atoms with Gasteiger partial charge in [0.25, 0.3) is 0 Å². The van der Waals surface area contributed by atoms with Crippen molar-refractivity contribution in [1.82, 2.24) is 0 Å². The first-order valence-corrected chi connectivity index (χ1v) is 14.1. The number of fused-ring (bicyclic) bond motifs is 3. The zero-order chi connectivity index (χ0) is 29.1. The van der Waals surface area contributed by atoms with Crippen LogP contribution in [-0.4, -0.2) is 44.9 Å². The van der Waals surface area contributed by atoms with Crippen LogP contribution in [0.3, 0.4) is 0 Å². The number of hydrogen-bond acceptors (Lipinski definition) is 7. The van der Waals surface area contributed by atoms with E-state index in [9.17, 15) is 34.2 Å². The van der Waals surface area contributed by atoms with Crippen molar-refractivity contribution in [2.45, 2.75) is 70.8 Å². The molecule has 5 atom stereocenters. The molecule has 2 unspecified atom stereocenters. The first kappa shape index (κ1) is 27.9. The molecule has 8 heteroatoms. The highest BCUT2D eigenvalue weighted by Gasteiger charge is 2.66. The van der Waals surface area contributed by atoms with Crippen LogP contribution in [0, 0.1) is 23.7 Å². The molecule has 2 fully saturated rings. The second-order valence-electron chi connectivity index (χ2n) is 11.9. The monoisotopic (exact) mass is 545 g/mol. The third-order valence-electron chi connectivity index (χ3n) is 9.14. The van der Waals surface area contributed by atoms with Gasteiger partial charge in [-0.3, -0.25) is 24.0 Å². The van der Waals surface area contributed by atoms with Gasteiger partial charge in [0.05, 0.1) is 11.5 Å². The number of ketones is 4. The van der Waals surface area contributed by atoms with Crippen molar-refractivity contribution in [2.24, 2.45) is 29.4 Å². The molecule has 3 aliphatic carbocycles. The number of hydrogen-bond donors (Lipinski definition) is 3. The van der Waals surface area contributed by atoms with Crippen molar-refractivity contribution in [1.29, 1.82) is 0 Å². The summed E-state index contributed by atoms with van der Waals surface area (Å²) in [6.45, 7) is 6.12. The normalized spacial score (nSPS) is 27.8. The number of phenolic OH excluding ortho intramolecular Hbond substituents is 1. The van der Waals surface area contributed by atoms with Crippen LogP contribution < -0.4 is 5.73 Å². The van der Waals surface area contributed by atoms with Crippen LogP contribution in [0.25, 0.3) is 11.1 Å². The first-order chi connectivity index (χ1) is 18.9. The van der Waals surface area contributed by atoms with Crippen LogP contribution in [-0.2, 0) is 32.0 Å². The Morgan fingerprint density at radius 2 is 1.75 bits per heavy atom. The summed E-state index contributed by atoms with van der Waals surface area (Å²) in [4.78, 5) is 65.4. The highest BCUT2D eigenvalue weighted by atomic mass is 16.3. The molecule has 8 nitrogen and oxygen atoms in total. The summed E-state index contributed by atoms with van der Waals surface area (Å²) in [6, 6.07) is 9.73. The number of aryl methyl sites for hydroxylation is 1. The predicted octanol–water partition coefficient (Wildman–Crippen LogP) is 3.46. The van der Waals surface area contributed by atoms with Gasteiger partial charge in [0.2, 0.25) is 5.91 Å². The number of unbranched alkanes of at least 4 members (excludes halogenated alkanes) is 1. The van der Waals surface area contributed by atoms with Gasteiger partial charge in [-0.15, -0.1) is 0 Å². The summed E-state index contributed by atoms with van der Waals surface area (Å²) in [6.07, 6.45) is 3.11. The molecular formula is C32H35NO7. The highest BCUT2D eigenvalue weighted by molar-refractivity contribution is 6.31. The number of phenols is 1. The van der Waals surface area contributed by atoms with Crippen molar-refractivity contribution in [3.05, 3.63) is 52.6 Å². The number of rotatable bonds is 6. The number of primary amides is 1. The Morgan fingerprint density at radius 3 is 2.35 bits per heavy atom. The zero-order valence-electron chi connectivity index (χ0n) is 23.0. The van der Waals surface area contributed by atoms with E-state index in [4.69, 9.17) is 5.73 Å². The topological polar surface area (TPSA) is 152 Å². The number of carbonyl (C=O) groups excluding carboxylic acids is 5. The van der Waals surface area contributed by atoms with Crippen molar-refractivity contribution in [3.8, 4) is 16.9 Å². The molecule has 0 heterocycles. The molecule has 0 saturated heterocycles. The Labute approximate surface area is 233 Å². The van der Waals surface area contributed by atoms with Gasteiger partial charge >= 0.3 is 0 Å². The van der Waals surface area contributed by atoms with E-state index in [2.05, 4.69) is 6.92 Å². The standard InChI is InChI=1S/C32H35NO7/c1-4-5-6-16-7-9-17(10-8-16)21-14-20(15(2)3)22-12-18-11-19-13-23(34)26(31(33)39)30(38)32(19,40)29(37)24(18)28(36)25(22)27(21)35/h7-10,14-15,18-19,24,26,35,40H,4-6,11-13H2,1-3H3,(H2,33,39)/t18-,19+,24?,26?,32+/m1/s1. The molecule has 3 aliphatic rings. The summed E-state index contributed by atoms with van der Waals surface area (Å²) in [5.74, 6) is -9.94. The summed E-state index contributed by atoms with van der Waals surface area (Å²) in [5.41, 5.74) is 6.57. The van der Waals surface area contributed by atoms with Crippen LogP contribution in [0.1, 0.15) is 79.4 Å². The molecule has 1 amide bonds. The molecule has 5 rings (SSSR count). The zero-order valence-corrected chi connectivity index (χ0v) is 23.0. The molecule has 2 aromatic rings. The minimum Gasteiger partial charge on any atom is -0.507 e. The lowest BCUT2D eigenvalue weighted by molar-refractivity contribution is -0.175. The molecule has 0 radical (unpaired) electrons. The Bertz CT molecular complexity index is 1440. The van der Waals surface area contributed by atoms with Gasteiger partial charge in [-0.1, -0.05) is 51.5 Å². The van der Waals surface area contributed by atoms with Gasteiger partial charge in [0.1, 0.15) is 5.75 Å². The second-order valence-corrected chi connectivity index (χ2v) is 11.9. The highest BCUT2D eigenvalue weighted by Crippen LogP contribution is 2.52. The van der Waals surface area contributed by atoms with E-state index in [0.29, 0.717) is 11.1 Å². The Kier molecular flexibility index (Phi) is 7.03. The van der Waals surface area contributed by atoms with Crippen molar-refractivity contribution < 1.29 is 34.2 Å². The SMILES string of the molecule is CCCCc1ccc(-c2cc(C(C)C)c3c(c2O)C(=O)C2C(=O)[C@]4(O)C(=O)C(C(N)=O)C(=O)C[C@@H]4C[C@@H]2C3)cc1. The molecule has 2 saturated carbocycles. The number of aliphatic hydroxyl groups is 1. The Morgan fingerprint density at radius 1 is 1.07 bits per heavy atom. The summed E-state index contributed by atoms with van der Waals surface area (Å²) >= 11 is 0. The van der Waals surface area contributed by atoms with E-state index in [-0.39, 0.29) is 36.5 Å². The third-order valence-corrected chi connectivity index (χ3v) is 9.14. The maximum atomic E-state index is 14.1. The third kappa shape index (κ3) is 4.12. The fourth-order valence-electron chi connectivity index (χ4n) is 7.03. The average Bonchev–Trinajstić information content (AvgIpc) is 2.89. The molecule has 2 aromatic carbocycles. The van der Waals surface area contributed by atoms with Crippen LogP contribution in [0.5, 0.6) is 5.75 Å². The van der Waals surface area contributed by atoms with E-state index in [1.165, 1.54) is 5.56 Å². The first-order valence-electron chi connectivity index (χ1n) is 14.1. The quantitative estimate of drug-likeness (QED) is 0.470. The summed E-state index contributed by atoms with van der Waals surface area (Å²) in [7, 11) is 0. The largest absolute Gasteiger partial charge is 0.507 e. The number of amides is 1. The molecule has 4 N–H and O–H groups in total. The smallest absolute Gasteiger partial charge is 0.235 e. The van der Waals surface area contributed by atoms with Gasteiger partial charge in [-0.2, -0.15) is 0 Å². The molecule has 210 valence electrons. The molecular weight excluding hydrogens is 510 g/mol. The fraction of sp³-hybridized carbons (Fsp3) is 0.469. The maximum absolute atomic E-state index is 14.1. The van der Waals surface area contributed by atoms with Crippen molar-refractivity contribution in [3.63, 3.8) is 0 Å². The van der Waals surface area contributed by atoms with Gasteiger partial charge in [-0.25, -0.2) is 0 Å². The molecule has 0 aliphatic heterocycles. The van der Waals surface area contributed by atoms with E-state index >= 15 is 0 Å². The Hall–Kier alpha value is -3.65. The van der Waals surface area contributed by atoms with Crippen LogP contribution in [0.2, 0.25) is 0 Å². The number of benzene rings is 2. The number of Topliss-reactive ketones (excluding diaryl/α,β-unsaturated/α-hetero) is 4. The Balaban J connectivity index is 1.60. The molecule has 0 aromatic heterocycles. The summed E-state index contributed by atoms with van der Waals surface area (Å²) in [5, 5.41) is 22.9. The molecule has 0 bridgehead atoms. The van der Waals surface area contributed by atoms with Crippen LogP contribution in [0.4, 0.5) is 0 Å². The van der Waals surface area contributed by atoms with Gasteiger partial charge < -0.3 is 15.9 Å². The fourth-order valence-corrected chi connectivity index (χ4v) is 7.03. The predicted molar refractivity (Wildman–Crippen MR) is 147 cm³/mol. The number of nitrogens with two attached hydrogens (primary N) is 1. The number of aromatic hydroxyl groups is 1.